The van der Waals surface area contributed by atoms with Crippen LogP contribution in [0.5, 0.6) is 11.5 Å². The van der Waals surface area contributed by atoms with E-state index in [1.165, 1.54) is 27.7 Å². The fraction of sp³-hybridized carbons (Fsp3) is 0.630. The van der Waals surface area contributed by atoms with Crippen molar-refractivity contribution in [1.29, 1.82) is 0 Å². The van der Waals surface area contributed by atoms with Gasteiger partial charge in [-0.25, -0.2) is 0 Å². The Kier molecular flexibility index (Phi) is 44.3. The quantitative estimate of drug-likeness (QED) is 0.0172. The topological polar surface area (TPSA) is 436 Å². The van der Waals surface area contributed by atoms with Gasteiger partial charge in [-0.1, -0.05) is 93.1 Å². The lowest BCUT2D eigenvalue weighted by Gasteiger charge is -2.44. The molecule has 2 aliphatic rings. The molecule has 6 amide bonds. The Hall–Kier alpha value is -9.42. The SMILES string of the molecule is COc1ccc(C(OCC(O)CNC(=O)CCCCCCC(=O)NC(COCCC(=O)NCCCCCCOC2OC(COC(C)=O)C(OC(C)=O)C(OC(C)=O)C2NC(C)=O)COCCC(=O)NCCCCCCOC2OC(COC(C)=O)C(OC(C)=O)C(OC(C)=O)C2NC(C)=O)(c2ccccc2)c2ccc(OC)cc2)cc1. The molecule has 5 rings (SSSR count). The second-order valence-corrected chi connectivity index (χ2v) is 27.8. The maximum atomic E-state index is 13.4. The highest BCUT2D eigenvalue weighted by Gasteiger charge is 2.53. The summed E-state index contributed by atoms with van der Waals surface area (Å²) >= 11 is 0. The molecule has 0 aliphatic carbocycles. The van der Waals surface area contributed by atoms with Crippen molar-refractivity contribution in [2.75, 3.05) is 93.3 Å². The molecule has 2 heterocycles. The van der Waals surface area contributed by atoms with Crippen LogP contribution in [0.3, 0.4) is 0 Å². The van der Waals surface area contributed by atoms with Gasteiger partial charge in [0.05, 0.1) is 59.4 Å². The number of hydrogen-bond donors (Lipinski definition) is 7. The van der Waals surface area contributed by atoms with E-state index >= 15 is 0 Å². The third-order valence-electron chi connectivity index (χ3n) is 18.2. The Morgan fingerprint density at radius 2 is 0.800 bits per heavy atom. The van der Waals surface area contributed by atoms with E-state index in [0.29, 0.717) is 102 Å². The van der Waals surface area contributed by atoms with Crippen molar-refractivity contribution in [2.45, 2.75) is 237 Å². The molecule has 2 saturated heterocycles. The van der Waals surface area contributed by atoms with E-state index in [0.717, 1.165) is 44.4 Å². The van der Waals surface area contributed by atoms with Gasteiger partial charge in [-0.3, -0.25) is 57.5 Å². The van der Waals surface area contributed by atoms with E-state index in [4.69, 9.17) is 71.1 Å². The molecule has 2 aliphatic heterocycles. The first-order valence-electron chi connectivity index (χ1n) is 39.1. The van der Waals surface area contributed by atoms with Crippen LogP contribution in [-0.2, 0) is 125 Å². The van der Waals surface area contributed by atoms with Crippen LogP contribution in [-0.4, -0.2) is 243 Å². The van der Waals surface area contributed by atoms with Crippen molar-refractivity contribution in [3.05, 3.63) is 95.6 Å². The second kappa shape index (κ2) is 52.9. The zero-order valence-corrected chi connectivity index (χ0v) is 67.7. The number of methoxy groups -OCH3 is 2. The van der Waals surface area contributed by atoms with Gasteiger partial charge >= 0.3 is 35.8 Å². The van der Waals surface area contributed by atoms with Gasteiger partial charge in [0.25, 0.3) is 0 Å². The summed E-state index contributed by atoms with van der Waals surface area (Å²) in [4.78, 5) is 149. The first-order valence-corrected chi connectivity index (χ1v) is 39.1. The van der Waals surface area contributed by atoms with Crippen molar-refractivity contribution in [3.8, 4) is 11.5 Å². The summed E-state index contributed by atoms with van der Waals surface area (Å²) in [5.41, 5.74) is 1.23. The molecule has 3 aromatic rings. The van der Waals surface area contributed by atoms with E-state index in [1.54, 1.807) is 14.2 Å². The summed E-state index contributed by atoms with van der Waals surface area (Å²) in [6.45, 7) is 9.55. The average Bonchev–Trinajstić information content (AvgIpc) is 0.757. The fourth-order valence-corrected chi connectivity index (χ4v) is 12.9. The van der Waals surface area contributed by atoms with Gasteiger partial charge in [-0.05, 0) is 79.5 Å². The first-order chi connectivity index (χ1) is 55.1. The molecule has 34 heteroatoms. The molecule has 115 heavy (non-hydrogen) atoms. The van der Waals surface area contributed by atoms with Gasteiger partial charge in [-0.15, -0.1) is 0 Å². The number of nitrogens with one attached hydrogen (secondary N) is 6. The van der Waals surface area contributed by atoms with Crippen LogP contribution in [0.2, 0.25) is 0 Å². The molecule has 0 saturated carbocycles. The lowest BCUT2D eigenvalue weighted by atomic mass is 9.80. The van der Waals surface area contributed by atoms with Crippen LogP contribution in [0.15, 0.2) is 78.9 Å². The molecule has 0 aromatic heterocycles. The molecule has 0 spiro atoms. The van der Waals surface area contributed by atoms with Crippen molar-refractivity contribution >= 4 is 71.3 Å². The second-order valence-electron chi connectivity index (χ2n) is 27.8. The van der Waals surface area contributed by atoms with Gasteiger partial charge in [-0.2, -0.15) is 0 Å². The molecule has 2 fully saturated rings. The predicted molar refractivity (Wildman–Crippen MR) is 411 cm³/mol. The lowest BCUT2D eigenvalue weighted by molar-refractivity contribution is -0.277. The summed E-state index contributed by atoms with van der Waals surface area (Å²) in [6.07, 6.45) is -2.93. The third-order valence-corrected chi connectivity index (χ3v) is 18.2. The number of benzene rings is 3. The van der Waals surface area contributed by atoms with Crippen LogP contribution < -0.4 is 41.4 Å². The summed E-state index contributed by atoms with van der Waals surface area (Å²) < 4.78 is 85.9. The molecular formula is C81H118N6O28. The number of ether oxygens (including phenoxy) is 15. The maximum absolute atomic E-state index is 13.4. The molecule has 0 radical (unpaired) electrons. The van der Waals surface area contributed by atoms with Crippen molar-refractivity contribution in [3.63, 3.8) is 0 Å². The van der Waals surface area contributed by atoms with E-state index in [-0.39, 0.29) is 115 Å². The van der Waals surface area contributed by atoms with Crippen LogP contribution >= 0.6 is 0 Å². The number of rotatable bonds is 54. The van der Waals surface area contributed by atoms with E-state index in [1.807, 2.05) is 78.9 Å². The van der Waals surface area contributed by atoms with Crippen LogP contribution in [0.4, 0.5) is 0 Å². The number of esters is 6. The summed E-state index contributed by atoms with van der Waals surface area (Å²) in [6, 6.07) is 21.8. The molecule has 34 nitrogen and oxygen atoms in total. The van der Waals surface area contributed by atoms with Crippen molar-refractivity contribution in [1.82, 2.24) is 31.9 Å². The predicted octanol–water partition coefficient (Wildman–Crippen LogP) is 4.83. The normalized spacial score (nSPS) is 19.6. The van der Waals surface area contributed by atoms with Crippen molar-refractivity contribution in [2.24, 2.45) is 0 Å². The lowest BCUT2D eigenvalue weighted by Crippen LogP contribution is -2.66. The van der Waals surface area contributed by atoms with Gasteiger partial charge in [0.2, 0.25) is 35.4 Å². The zero-order chi connectivity index (χ0) is 84.1. The van der Waals surface area contributed by atoms with Crippen molar-refractivity contribution < 1.29 is 134 Å². The molecule has 0 bridgehead atoms. The summed E-state index contributed by atoms with van der Waals surface area (Å²) in [7, 11) is 3.18. The fourth-order valence-electron chi connectivity index (χ4n) is 12.9. The van der Waals surface area contributed by atoms with Gasteiger partial charge < -0.3 is 108 Å². The minimum Gasteiger partial charge on any atom is -0.497 e. The Bertz CT molecular complexity index is 3320. The molecule has 640 valence electrons. The van der Waals surface area contributed by atoms with Crippen LogP contribution in [0.1, 0.15) is 175 Å². The van der Waals surface area contributed by atoms with Crippen LogP contribution in [0, 0.1) is 0 Å². The van der Waals surface area contributed by atoms with Gasteiger partial charge in [0.1, 0.15) is 54.6 Å². The Labute approximate surface area is 671 Å². The minimum atomic E-state index is -1.25. The number of unbranched alkanes of at least 4 members (excludes halogenated alkanes) is 9. The molecule has 3 aromatic carbocycles. The molecule has 11 atom stereocenters. The largest absolute Gasteiger partial charge is 0.497 e. The highest BCUT2D eigenvalue weighted by Crippen LogP contribution is 2.42. The Morgan fingerprint density at radius 3 is 1.20 bits per heavy atom. The average molecular weight is 1620 g/mol. The van der Waals surface area contributed by atoms with Gasteiger partial charge in [0.15, 0.2) is 37.0 Å². The minimum absolute atomic E-state index is 0.0134. The first kappa shape index (κ1) is 96.2. The van der Waals surface area contributed by atoms with E-state index in [9.17, 15) is 62.6 Å². The number of carbonyl (C=O) groups excluding carboxylic acids is 12. The standard InChI is InChI=1S/C81H118N6O28/c1-52(88)85-73-77(112-58(7)94)75(110-56(5)92)67(50-107-54(3)90)114-79(73)105-42-24-15-13-22-40-82-70(98)38-44-103-47-63(48-104-45-39-71(99)83-41-23-14-16-25-43-106-80-74(86-53(2)89)78(113-59(8)95)76(111-57(6)93)68(115-80)51-108-55(4)91)87-72(100)29-21-12-11-20-28-69(97)84-46-64(96)49-109-81(60-26-18-17-19-27-60,61-30-34-65(101-9)35-31-61)62-32-36-66(102-10)37-33-62/h17-19,26-27,30-37,63-64,67-68,73-80,96H,11-16,20-25,28-29,38-51H2,1-10H3,(H,82,98)(H,83,99)(H,84,97)(H,85,88)(H,86,89)(H,87,100). The number of amides is 6. The smallest absolute Gasteiger partial charge is 0.303 e. The van der Waals surface area contributed by atoms with E-state index < -0.39 is 127 Å². The summed E-state index contributed by atoms with van der Waals surface area (Å²) in [5.74, 6) is -4.93. The zero-order valence-electron chi connectivity index (χ0n) is 67.7. The maximum Gasteiger partial charge on any atom is 0.303 e. The van der Waals surface area contributed by atoms with Crippen LogP contribution in [0.25, 0.3) is 0 Å². The molecule has 11 unspecified atom stereocenters. The number of aliphatic hydroxyl groups is 1. The highest BCUT2D eigenvalue weighted by molar-refractivity contribution is 5.78. The number of carbonyl (C=O) groups is 12. The number of hydrogen-bond acceptors (Lipinski definition) is 28. The monoisotopic (exact) mass is 1620 g/mol. The molecular weight excluding hydrogens is 1500 g/mol. The summed E-state index contributed by atoms with van der Waals surface area (Å²) in [5, 5.41) is 28.2. The highest BCUT2D eigenvalue weighted by atomic mass is 16.7. The molecule has 7 N–H and O–H groups in total. The Morgan fingerprint density at radius 1 is 0.417 bits per heavy atom. The van der Waals surface area contributed by atoms with E-state index in [2.05, 4.69) is 31.9 Å². The Balaban J connectivity index is 1.06. The van der Waals surface area contributed by atoms with Gasteiger partial charge in [0, 0.05) is 114 Å². The third kappa shape index (κ3) is 36.1. The number of aliphatic hydroxyl groups excluding tert-OH is 1.